The number of carbonyl (C=O) groups is 2. The van der Waals surface area contributed by atoms with Crippen molar-refractivity contribution < 1.29 is 14.1 Å². The van der Waals surface area contributed by atoms with Crippen LogP contribution in [-0.4, -0.2) is 65.5 Å². The average Bonchev–Trinajstić information content (AvgIpc) is 3.43. The van der Waals surface area contributed by atoms with Gasteiger partial charge in [0.15, 0.2) is 5.82 Å². The lowest BCUT2D eigenvalue weighted by Crippen LogP contribution is -2.52. The third-order valence-electron chi connectivity index (χ3n) is 5.32. The van der Waals surface area contributed by atoms with E-state index in [0.29, 0.717) is 37.3 Å². The molecule has 1 aliphatic heterocycles. The molecule has 1 atom stereocenters. The number of piperazine rings is 1. The lowest BCUT2D eigenvalue weighted by molar-refractivity contribution is -0.125. The molecule has 1 aromatic carbocycles. The van der Waals surface area contributed by atoms with Crippen LogP contribution in [0.4, 0.5) is 5.82 Å². The van der Waals surface area contributed by atoms with Crippen molar-refractivity contribution in [2.24, 2.45) is 0 Å². The van der Waals surface area contributed by atoms with Gasteiger partial charge < -0.3 is 15.2 Å². The van der Waals surface area contributed by atoms with Gasteiger partial charge in [-0.05, 0) is 25.3 Å². The predicted octanol–water partition coefficient (Wildman–Crippen LogP) is 1.56. The number of amides is 2. The first-order valence-electron chi connectivity index (χ1n) is 10.1. The maximum atomic E-state index is 13.1. The van der Waals surface area contributed by atoms with E-state index < -0.39 is 6.04 Å². The molecule has 8 nitrogen and oxygen atoms in total. The second-order valence-corrected chi connectivity index (χ2v) is 7.78. The monoisotopic (exact) mass is 397 g/mol. The third-order valence-corrected chi connectivity index (χ3v) is 5.32. The largest absolute Gasteiger partial charge is 0.360 e. The summed E-state index contributed by atoms with van der Waals surface area (Å²) in [6.07, 6.45) is 2.19. The minimum atomic E-state index is -0.421. The number of carbonyl (C=O) groups excluding carboxylic acids is 2. The number of benzene rings is 1. The van der Waals surface area contributed by atoms with Gasteiger partial charge in [0.25, 0.3) is 0 Å². The number of aromatic nitrogens is 1. The van der Waals surface area contributed by atoms with Gasteiger partial charge in [-0.15, -0.1) is 0 Å². The van der Waals surface area contributed by atoms with Crippen molar-refractivity contribution in [2.45, 2.75) is 31.8 Å². The van der Waals surface area contributed by atoms with E-state index in [4.69, 9.17) is 4.52 Å². The Bertz CT molecular complexity index is 841. The highest BCUT2D eigenvalue weighted by molar-refractivity contribution is 5.94. The standard InChI is InChI=1S/C21H27N5O3/c1-15-13-18(24-29-15)23-21(28)20(16-5-3-2-4-6-16)26-11-9-25(10-12-26)14-19(27)22-17-7-8-17/h2-6,13,17,20H,7-12,14H2,1H3,(H,22,27)(H,23,24,28). The van der Waals surface area contributed by atoms with Crippen molar-refractivity contribution in [3.63, 3.8) is 0 Å². The van der Waals surface area contributed by atoms with Gasteiger partial charge in [-0.25, -0.2) is 0 Å². The fourth-order valence-electron chi connectivity index (χ4n) is 3.67. The van der Waals surface area contributed by atoms with Crippen molar-refractivity contribution in [1.82, 2.24) is 20.3 Å². The van der Waals surface area contributed by atoms with Crippen LogP contribution in [-0.2, 0) is 9.59 Å². The second-order valence-electron chi connectivity index (χ2n) is 7.78. The number of aryl methyl sites for hydroxylation is 1. The van der Waals surface area contributed by atoms with E-state index in [1.54, 1.807) is 13.0 Å². The molecule has 2 fully saturated rings. The highest BCUT2D eigenvalue weighted by atomic mass is 16.5. The van der Waals surface area contributed by atoms with Gasteiger partial charge in [0.1, 0.15) is 11.8 Å². The van der Waals surface area contributed by atoms with Crippen LogP contribution in [0.1, 0.15) is 30.2 Å². The predicted molar refractivity (Wildman–Crippen MR) is 108 cm³/mol. The highest BCUT2D eigenvalue weighted by Gasteiger charge is 2.32. The van der Waals surface area contributed by atoms with Crippen LogP contribution in [0.15, 0.2) is 40.9 Å². The zero-order valence-corrected chi connectivity index (χ0v) is 16.6. The summed E-state index contributed by atoms with van der Waals surface area (Å²) in [5.74, 6) is 1.03. The molecule has 2 heterocycles. The molecular weight excluding hydrogens is 370 g/mol. The molecule has 1 aliphatic carbocycles. The number of anilines is 1. The summed E-state index contributed by atoms with van der Waals surface area (Å²) in [6, 6.07) is 11.4. The zero-order valence-electron chi connectivity index (χ0n) is 16.6. The van der Waals surface area contributed by atoms with E-state index in [2.05, 4.69) is 25.6 Å². The molecule has 0 bridgehead atoms. The molecule has 2 N–H and O–H groups in total. The SMILES string of the molecule is Cc1cc(NC(=O)C(c2ccccc2)N2CCN(CC(=O)NC3CC3)CC2)no1. The fraction of sp³-hybridized carbons (Fsp3) is 0.476. The van der Waals surface area contributed by atoms with Crippen molar-refractivity contribution in [1.29, 1.82) is 0 Å². The van der Waals surface area contributed by atoms with Crippen LogP contribution in [0.5, 0.6) is 0 Å². The van der Waals surface area contributed by atoms with Gasteiger partial charge in [-0.2, -0.15) is 0 Å². The fourth-order valence-corrected chi connectivity index (χ4v) is 3.67. The minimum absolute atomic E-state index is 0.0969. The summed E-state index contributed by atoms with van der Waals surface area (Å²) < 4.78 is 5.06. The summed E-state index contributed by atoms with van der Waals surface area (Å²) in [5, 5.41) is 9.77. The van der Waals surface area contributed by atoms with Crippen LogP contribution in [0, 0.1) is 6.92 Å². The number of nitrogens with zero attached hydrogens (tertiary/aromatic N) is 3. The lowest BCUT2D eigenvalue weighted by atomic mass is 10.0. The molecule has 4 rings (SSSR count). The molecule has 8 heteroatoms. The zero-order chi connectivity index (χ0) is 20.2. The maximum Gasteiger partial charge on any atom is 0.247 e. The topological polar surface area (TPSA) is 90.7 Å². The number of rotatable bonds is 7. The normalized spacial score (nSPS) is 18.9. The van der Waals surface area contributed by atoms with Crippen molar-refractivity contribution in [2.75, 3.05) is 38.0 Å². The number of hydrogen-bond donors (Lipinski definition) is 2. The van der Waals surface area contributed by atoms with Gasteiger partial charge in [0.2, 0.25) is 11.8 Å². The van der Waals surface area contributed by atoms with Crippen LogP contribution in [0.25, 0.3) is 0 Å². The molecule has 1 unspecified atom stereocenters. The molecule has 154 valence electrons. The molecule has 2 amide bonds. The Balaban J connectivity index is 1.40. The first-order valence-corrected chi connectivity index (χ1v) is 10.1. The number of nitrogens with one attached hydrogen (secondary N) is 2. The van der Waals surface area contributed by atoms with Crippen molar-refractivity contribution in [3.8, 4) is 0 Å². The summed E-state index contributed by atoms with van der Waals surface area (Å²) in [5.41, 5.74) is 0.935. The van der Waals surface area contributed by atoms with Crippen LogP contribution >= 0.6 is 0 Å². The molecule has 2 aliphatic rings. The van der Waals surface area contributed by atoms with Gasteiger partial charge in [0, 0.05) is 38.3 Å². The molecule has 1 saturated carbocycles. The van der Waals surface area contributed by atoms with Crippen LogP contribution < -0.4 is 10.6 Å². The van der Waals surface area contributed by atoms with E-state index in [1.165, 1.54) is 0 Å². The Labute approximate surface area is 170 Å². The van der Waals surface area contributed by atoms with E-state index in [-0.39, 0.29) is 11.8 Å². The maximum absolute atomic E-state index is 13.1. The van der Waals surface area contributed by atoms with E-state index in [0.717, 1.165) is 31.5 Å². The lowest BCUT2D eigenvalue weighted by Gasteiger charge is -2.38. The molecule has 29 heavy (non-hydrogen) atoms. The Morgan fingerprint density at radius 2 is 1.90 bits per heavy atom. The molecule has 1 aromatic heterocycles. The Morgan fingerprint density at radius 1 is 1.17 bits per heavy atom. The first-order chi connectivity index (χ1) is 14.1. The van der Waals surface area contributed by atoms with E-state index in [1.807, 2.05) is 30.3 Å². The van der Waals surface area contributed by atoms with Gasteiger partial charge in [-0.3, -0.25) is 19.4 Å². The van der Waals surface area contributed by atoms with Crippen molar-refractivity contribution in [3.05, 3.63) is 47.7 Å². The smallest absolute Gasteiger partial charge is 0.247 e. The summed E-state index contributed by atoms with van der Waals surface area (Å²) in [7, 11) is 0. The molecule has 2 aromatic rings. The van der Waals surface area contributed by atoms with E-state index in [9.17, 15) is 9.59 Å². The molecular formula is C21H27N5O3. The Kier molecular flexibility index (Phi) is 5.92. The molecule has 1 saturated heterocycles. The van der Waals surface area contributed by atoms with Gasteiger partial charge in [0.05, 0.1) is 6.54 Å². The number of hydrogen-bond acceptors (Lipinski definition) is 6. The quantitative estimate of drug-likeness (QED) is 0.737. The highest BCUT2D eigenvalue weighted by Crippen LogP contribution is 2.24. The van der Waals surface area contributed by atoms with Crippen LogP contribution in [0.3, 0.4) is 0 Å². The van der Waals surface area contributed by atoms with Gasteiger partial charge >= 0.3 is 0 Å². The molecule has 0 radical (unpaired) electrons. The summed E-state index contributed by atoms with van der Waals surface area (Å²) in [4.78, 5) is 29.5. The summed E-state index contributed by atoms with van der Waals surface area (Å²) in [6.45, 7) is 5.12. The second kappa shape index (κ2) is 8.75. The minimum Gasteiger partial charge on any atom is -0.360 e. The van der Waals surface area contributed by atoms with Gasteiger partial charge in [-0.1, -0.05) is 35.5 Å². The third kappa shape index (κ3) is 5.21. The summed E-state index contributed by atoms with van der Waals surface area (Å²) >= 11 is 0. The van der Waals surface area contributed by atoms with E-state index >= 15 is 0 Å². The average molecular weight is 397 g/mol. The molecule has 0 spiro atoms. The Hall–Kier alpha value is -2.71. The van der Waals surface area contributed by atoms with Crippen LogP contribution in [0.2, 0.25) is 0 Å². The Morgan fingerprint density at radius 3 is 2.52 bits per heavy atom. The first kappa shape index (κ1) is 19.6. The van der Waals surface area contributed by atoms with Crippen molar-refractivity contribution >= 4 is 17.6 Å².